The summed E-state index contributed by atoms with van der Waals surface area (Å²) in [6.07, 6.45) is 4.06. The molecule has 0 aliphatic heterocycles. The predicted octanol–water partition coefficient (Wildman–Crippen LogP) is 2.82. The molecule has 0 bridgehead atoms. The molecule has 1 saturated carbocycles. The molecule has 0 heterocycles. The first kappa shape index (κ1) is 16.8. The zero-order chi connectivity index (χ0) is 16.1. The molecule has 1 aromatic rings. The van der Waals surface area contributed by atoms with E-state index in [1.165, 1.54) is 5.56 Å². The second kappa shape index (κ2) is 7.14. The highest BCUT2D eigenvalue weighted by atomic mass is 16.3. The Labute approximate surface area is 133 Å². The normalized spacial score (nSPS) is 16.1. The van der Waals surface area contributed by atoms with Gasteiger partial charge >= 0.3 is 6.03 Å². The van der Waals surface area contributed by atoms with Crippen molar-refractivity contribution < 1.29 is 9.90 Å². The van der Waals surface area contributed by atoms with E-state index in [1.54, 1.807) is 0 Å². The van der Waals surface area contributed by atoms with Crippen LogP contribution in [-0.2, 0) is 5.41 Å². The van der Waals surface area contributed by atoms with Gasteiger partial charge in [0.05, 0.1) is 0 Å². The van der Waals surface area contributed by atoms with Crippen LogP contribution in [0.3, 0.4) is 0 Å². The molecule has 0 radical (unpaired) electrons. The first-order valence-electron chi connectivity index (χ1n) is 8.16. The van der Waals surface area contributed by atoms with Gasteiger partial charge in [-0.25, -0.2) is 4.79 Å². The summed E-state index contributed by atoms with van der Waals surface area (Å²) in [5.41, 5.74) is 1.40. The molecule has 1 aromatic carbocycles. The zero-order valence-corrected chi connectivity index (χ0v) is 13.7. The minimum Gasteiger partial charge on any atom is -0.396 e. The van der Waals surface area contributed by atoms with Crippen LogP contribution in [0.25, 0.3) is 0 Å². The van der Waals surface area contributed by atoms with E-state index in [9.17, 15) is 9.90 Å². The Morgan fingerprint density at radius 2 is 1.91 bits per heavy atom. The van der Waals surface area contributed by atoms with Gasteiger partial charge in [0, 0.05) is 25.1 Å². The average Bonchev–Trinajstić information content (AvgIpc) is 3.32. The zero-order valence-electron chi connectivity index (χ0n) is 13.7. The summed E-state index contributed by atoms with van der Waals surface area (Å²) in [4.78, 5) is 11.9. The molecule has 2 amide bonds. The molecule has 0 unspecified atom stereocenters. The van der Waals surface area contributed by atoms with Crippen molar-refractivity contribution in [2.45, 2.75) is 44.9 Å². The van der Waals surface area contributed by atoms with Gasteiger partial charge < -0.3 is 15.7 Å². The van der Waals surface area contributed by atoms with E-state index in [1.807, 2.05) is 19.9 Å². The average molecular weight is 304 g/mol. The van der Waals surface area contributed by atoms with E-state index < -0.39 is 0 Å². The lowest BCUT2D eigenvalue weighted by molar-refractivity contribution is 0.148. The van der Waals surface area contributed by atoms with Gasteiger partial charge in [-0.15, -0.1) is 0 Å². The Morgan fingerprint density at radius 1 is 1.23 bits per heavy atom. The summed E-state index contributed by atoms with van der Waals surface area (Å²) in [6.45, 7) is 5.59. The van der Waals surface area contributed by atoms with Crippen LogP contribution >= 0.6 is 0 Å². The third-order valence-electron chi connectivity index (χ3n) is 4.57. The van der Waals surface area contributed by atoms with E-state index in [0.717, 1.165) is 25.7 Å². The van der Waals surface area contributed by atoms with Crippen molar-refractivity contribution in [3.05, 3.63) is 35.9 Å². The van der Waals surface area contributed by atoms with Gasteiger partial charge in [0.15, 0.2) is 0 Å². The van der Waals surface area contributed by atoms with Crippen LogP contribution in [0.4, 0.5) is 4.79 Å². The Morgan fingerprint density at radius 3 is 2.50 bits per heavy atom. The maximum atomic E-state index is 11.9. The van der Waals surface area contributed by atoms with Crippen LogP contribution in [0, 0.1) is 5.41 Å². The van der Waals surface area contributed by atoms with Crippen molar-refractivity contribution in [2.24, 2.45) is 5.41 Å². The second-order valence-electron chi connectivity index (χ2n) is 7.18. The summed E-state index contributed by atoms with van der Waals surface area (Å²) in [5.74, 6) is 0. The van der Waals surface area contributed by atoms with E-state index in [4.69, 9.17) is 0 Å². The molecule has 0 spiro atoms. The van der Waals surface area contributed by atoms with E-state index in [-0.39, 0.29) is 23.5 Å². The van der Waals surface area contributed by atoms with Gasteiger partial charge in [-0.05, 0) is 36.7 Å². The molecule has 4 heteroatoms. The van der Waals surface area contributed by atoms with E-state index >= 15 is 0 Å². The molecule has 2 rings (SSSR count). The smallest absolute Gasteiger partial charge is 0.314 e. The fourth-order valence-electron chi connectivity index (χ4n) is 2.67. The first-order valence-corrected chi connectivity index (χ1v) is 8.16. The van der Waals surface area contributed by atoms with Crippen molar-refractivity contribution in [2.75, 3.05) is 19.7 Å². The van der Waals surface area contributed by atoms with Gasteiger partial charge in [-0.2, -0.15) is 0 Å². The molecule has 0 saturated heterocycles. The Balaban J connectivity index is 1.66. The fourth-order valence-corrected chi connectivity index (χ4v) is 2.67. The highest BCUT2D eigenvalue weighted by Crippen LogP contribution is 2.47. The Bertz CT molecular complexity index is 481. The molecular formula is C18H28N2O2. The number of urea groups is 1. The van der Waals surface area contributed by atoms with E-state index in [2.05, 4.69) is 34.9 Å². The number of amides is 2. The van der Waals surface area contributed by atoms with Crippen molar-refractivity contribution in [1.29, 1.82) is 0 Å². The van der Waals surface area contributed by atoms with Crippen LogP contribution < -0.4 is 10.6 Å². The standard InChI is InChI=1S/C18H28N2O2/c1-17(2,14-21)9-6-12-19-16(22)20-13-18(10-11-18)15-7-4-3-5-8-15/h3-5,7-8,21H,6,9-14H2,1-2H3,(H2,19,20,22). The van der Waals surface area contributed by atoms with Gasteiger partial charge in [0.1, 0.15) is 0 Å². The number of benzene rings is 1. The van der Waals surface area contributed by atoms with Crippen LogP contribution in [0.1, 0.15) is 45.1 Å². The molecule has 3 N–H and O–H groups in total. The lowest BCUT2D eigenvalue weighted by Gasteiger charge is -2.21. The molecule has 22 heavy (non-hydrogen) atoms. The summed E-state index contributed by atoms with van der Waals surface area (Å²) in [5, 5.41) is 15.1. The lowest BCUT2D eigenvalue weighted by Crippen LogP contribution is -2.40. The molecular weight excluding hydrogens is 276 g/mol. The number of aliphatic hydroxyl groups excluding tert-OH is 1. The van der Waals surface area contributed by atoms with Gasteiger partial charge in [0.2, 0.25) is 0 Å². The van der Waals surface area contributed by atoms with Crippen LogP contribution in [-0.4, -0.2) is 30.8 Å². The predicted molar refractivity (Wildman–Crippen MR) is 88.9 cm³/mol. The monoisotopic (exact) mass is 304 g/mol. The SMILES string of the molecule is CC(C)(CO)CCCNC(=O)NCC1(c2ccccc2)CC1. The highest BCUT2D eigenvalue weighted by Gasteiger charge is 2.44. The Kier molecular flexibility index (Phi) is 5.46. The number of hydrogen-bond donors (Lipinski definition) is 3. The molecule has 0 atom stereocenters. The third kappa shape index (κ3) is 4.73. The molecule has 122 valence electrons. The number of carbonyl (C=O) groups is 1. The molecule has 4 nitrogen and oxygen atoms in total. The minimum absolute atomic E-state index is 0.0659. The van der Waals surface area contributed by atoms with E-state index in [0.29, 0.717) is 13.1 Å². The minimum atomic E-state index is -0.0935. The summed E-state index contributed by atoms with van der Waals surface area (Å²) >= 11 is 0. The fraction of sp³-hybridized carbons (Fsp3) is 0.611. The van der Waals surface area contributed by atoms with Gasteiger partial charge in [0.25, 0.3) is 0 Å². The highest BCUT2D eigenvalue weighted by molar-refractivity contribution is 5.74. The van der Waals surface area contributed by atoms with Gasteiger partial charge in [-0.3, -0.25) is 0 Å². The number of nitrogens with one attached hydrogen (secondary N) is 2. The number of hydrogen-bond acceptors (Lipinski definition) is 2. The van der Waals surface area contributed by atoms with Crippen molar-refractivity contribution in [3.8, 4) is 0 Å². The molecule has 0 aromatic heterocycles. The van der Waals surface area contributed by atoms with Crippen molar-refractivity contribution >= 4 is 6.03 Å². The number of aliphatic hydroxyl groups is 1. The molecule has 1 aliphatic carbocycles. The number of rotatable bonds is 8. The Hall–Kier alpha value is -1.55. The van der Waals surface area contributed by atoms with Crippen LogP contribution in [0.2, 0.25) is 0 Å². The molecule has 1 fully saturated rings. The van der Waals surface area contributed by atoms with Crippen LogP contribution in [0.5, 0.6) is 0 Å². The first-order chi connectivity index (χ1) is 10.5. The number of carbonyl (C=O) groups excluding carboxylic acids is 1. The van der Waals surface area contributed by atoms with Crippen molar-refractivity contribution in [1.82, 2.24) is 10.6 Å². The maximum Gasteiger partial charge on any atom is 0.314 e. The van der Waals surface area contributed by atoms with Crippen LogP contribution in [0.15, 0.2) is 30.3 Å². The summed E-state index contributed by atoms with van der Waals surface area (Å²) < 4.78 is 0. The lowest BCUT2D eigenvalue weighted by atomic mass is 9.89. The van der Waals surface area contributed by atoms with Crippen molar-refractivity contribution in [3.63, 3.8) is 0 Å². The third-order valence-corrected chi connectivity index (χ3v) is 4.57. The quantitative estimate of drug-likeness (QED) is 0.647. The second-order valence-corrected chi connectivity index (χ2v) is 7.18. The summed E-state index contributed by atoms with van der Waals surface area (Å²) in [6, 6.07) is 10.3. The maximum absolute atomic E-state index is 11.9. The van der Waals surface area contributed by atoms with Gasteiger partial charge in [-0.1, -0.05) is 44.2 Å². The largest absolute Gasteiger partial charge is 0.396 e. The molecule has 1 aliphatic rings. The topological polar surface area (TPSA) is 61.4 Å². The summed E-state index contributed by atoms with van der Waals surface area (Å²) in [7, 11) is 0.